The molecule has 0 N–H and O–H groups in total. The van der Waals surface area contributed by atoms with Crippen LogP contribution in [0.4, 0.5) is 0 Å². The van der Waals surface area contributed by atoms with Crippen LogP contribution < -0.4 is 0 Å². The fourth-order valence-corrected chi connectivity index (χ4v) is 1.84. The van der Waals surface area contributed by atoms with Crippen LogP contribution >= 0.6 is 35.6 Å². The molecule has 0 radical (unpaired) electrons. The number of ether oxygens (including phenoxy) is 1. The lowest BCUT2D eigenvalue weighted by molar-refractivity contribution is -0.122. The Morgan fingerprint density at radius 3 is 2.75 bits per heavy atom. The second-order valence-electron chi connectivity index (χ2n) is 2.10. The fraction of sp³-hybridized carbons (Fsp3) is 0.714. The van der Waals surface area contributed by atoms with Crippen molar-refractivity contribution < 1.29 is 9.53 Å². The van der Waals surface area contributed by atoms with Crippen LogP contribution in [-0.2, 0) is 9.53 Å². The van der Waals surface area contributed by atoms with E-state index in [1.807, 2.05) is 6.92 Å². The minimum atomic E-state index is -0.207. The summed E-state index contributed by atoms with van der Waals surface area (Å²) in [5.74, 6) is 0.0184. The first-order chi connectivity index (χ1) is 5.57. The fourth-order valence-electron chi connectivity index (χ4n) is 0.525. The zero-order chi connectivity index (χ0) is 9.56. The molecule has 0 rings (SSSR count). The summed E-state index contributed by atoms with van der Waals surface area (Å²) in [4.78, 5) is 11.2. The minimum Gasteiger partial charge on any atom is -0.374 e. The molecule has 0 saturated carbocycles. The van der Waals surface area contributed by atoms with E-state index in [1.54, 1.807) is 6.92 Å². The molecule has 0 aromatic rings. The quantitative estimate of drug-likeness (QED) is 0.531. The van der Waals surface area contributed by atoms with E-state index in [9.17, 15) is 4.79 Å². The Bertz CT molecular complexity index is 173. The van der Waals surface area contributed by atoms with E-state index in [1.165, 1.54) is 11.8 Å². The highest BCUT2D eigenvalue weighted by molar-refractivity contribution is 8.27. The van der Waals surface area contributed by atoms with Gasteiger partial charge in [0.25, 0.3) is 0 Å². The van der Waals surface area contributed by atoms with Gasteiger partial charge in [-0.1, -0.05) is 35.6 Å². The molecule has 0 amide bonds. The number of ketones is 1. The molecule has 5 heteroatoms. The smallest absolute Gasteiger partial charge is 0.171 e. The molecule has 1 atom stereocenters. The molecule has 0 aromatic heterocycles. The van der Waals surface area contributed by atoms with Crippen LogP contribution in [0.25, 0.3) is 0 Å². The molecule has 1 unspecified atom stereocenters. The molecule has 2 nitrogen and oxygen atoms in total. The highest BCUT2D eigenvalue weighted by atomic mass is 35.5. The van der Waals surface area contributed by atoms with E-state index in [0.29, 0.717) is 6.61 Å². The van der Waals surface area contributed by atoms with Crippen LogP contribution in [0.5, 0.6) is 0 Å². The van der Waals surface area contributed by atoms with Gasteiger partial charge in [0, 0.05) is 6.61 Å². The van der Waals surface area contributed by atoms with Crippen LogP contribution in [0, 0.1) is 0 Å². The minimum absolute atomic E-state index is 0.0184. The molecular formula is C7H11ClO2S2. The first-order valence-electron chi connectivity index (χ1n) is 3.54. The summed E-state index contributed by atoms with van der Waals surface area (Å²) >= 11 is 11.3. The number of thiocarbonyl (C=S) groups is 1. The summed E-state index contributed by atoms with van der Waals surface area (Å²) < 4.78 is 5.22. The summed E-state index contributed by atoms with van der Waals surface area (Å²) in [5.41, 5.74) is 0. The third-order valence-electron chi connectivity index (χ3n) is 1.17. The first-order valence-corrected chi connectivity index (χ1v) is 5.21. The van der Waals surface area contributed by atoms with Gasteiger partial charge in [-0.2, -0.15) is 0 Å². The molecular weight excluding hydrogens is 216 g/mol. The normalized spacial score (nSPS) is 12.6. The number of carbonyl (C=O) groups is 1. The van der Waals surface area contributed by atoms with E-state index in [0.717, 1.165) is 0 Å². The van der Waals surface area contributed by atoms with Crippen molar-refractivity contribution in [3.63, 3.8) is 0 Å². The molecule has 0 spiro atoms. The molecule has 0 aliphatic rings. The summed E-state index contributed by atoms with van der Waals surface area (Å²) in [6, 6.07) is 0. The standard InChI is InChI=1S/C7H11ClO2S2/c1-3-10-4-6(9)5(2)12-7(8)11/h5H,3-4H2,1-2H3. The topological polar surface area (TPSA) is 26.3 Å². The molecule has 0 bridgehead atoms. The van der Waals surface area contributed by atoms with Gasteiger partial charge in [0.2, 0.25) is 0 Å². The number of thioether (sulfide) groups is 1. The van der Waals surface area contributed by atoms with Gasteiger partial charge in [-0.25, -0.2) is 0 Å². The van der Waals surface area contributed by atoms with Crippen molar-refractivity contribution in [3.8, 4) is 0 Å². The number of carbonyl (C=O) groups excluding carboxylic acids is 1. The van der Waals surface area contributed by atoms with E-state index < -0.39 is 0 Å². The van der Waals surface area contributed by atoms with Gasteiger partial charge < -0.3 is 4.74 Å². The molecule has 70 valence electrons. The van der Waals surface area contributed by atoms with E-state index >= 15 is 0 Å². The lowest BCUT2D eigenvalue weighted by Gasteiger charge is -2.07. The number of Topliss-reactive ketones (excluding diaryl/α,β-unsaturated/α-hetero) is 1. The Labute approximate surface area is 87.0 Å². The van der Waals surface area contributed by atoms with Crippen molar-refractivity contribution in [2.45, 2.75) is 19.1 Å². The van der Waals surface area contributed by atoms with Crippen LogP contribution in [0.15, 0.2) is 0 Å². The lowest BCUT2D eigenvalue weighted by atomic mass is 10.3. The van der Waals surface area contributed by atoms with E-state index in [4.69, 9.17) is 16.3 Å². The lowest BCUT2D eigenvalue weighted by Crippen LogP contribution is -2.19. The highest BCUT2D eigenvalue weighted by Crippen LogP contribution is 2.16. The zero-order valence-corrected chi connectivity index (χ0v) is 9.39. The predicted octanol–water partition coefficient (Wildman–Crippen LogP) is 2.24. The van der Waals surface area contributed by atoms with Crippen molar-refractivity contribution in [2.75, 3.05) is 13.2 Å². The van der Waals surface area contributed by atoms with Gasteiger partial charge in [-0.15, -0.1) is 0 Å². The SMILES string of the molecule is CCOCC(=O)C(C)SC(=S)Cl. The van der Waals surface area contributed by atoms with Gasteiger partial charge >= 0.3 is 0 Å². The van der Waals surface area contributed by atoms with Gasteiger partial charge in [0.05, 0.1) is 5.25 Å². The van der Waals surface area contributed by atoms with Crippen LogP contribution in [0.3, 0.4) is 0 Å². The Hall–Kier alpha value is 0.360. The summed E-state index contributed by atoms with van der Waals surface area (Å²) in [7, 11) is 0. The van der Waals surface area contributed by atoms with E-state index in [2.05, 4.69) is 12.2 Å². The maximum atomic E-state index is 11.2. The van der Waals surface area contributed by atoms with Crippen molar-refractivity contribution in [1.29, 1.82) is 0 Å². The Balaban J connectivity index is 3.69. The number of halogens is 1. The van der Waals surface area contributed by atoms with Crippen LogP contribution in [0.2, 0.25) is 0 Å². The average Bonchev–Trinajstić information content (AvgIpc) is 1.98. The Morgan fingerprint density at radius 1 is 1.75 bits per heavy atom. The van der Waals surface area contributed by atoms with Crippen molar-refractivity contribution in [2.24, 2.45) is 0 Å². The second kappa shape index (κ2) is 6.83. The van der Waals surface area contributed by atoms with Crippen molar-refractivity contribution >= 4 is 45.0 Å². The molecule has 0 aliphatic carbocycles. The van der Waals surface area contributed by atoms with Crippen LogP contribution in [-0.4, -0.2) is 27.9 Å². The zero-order valence-electron chi connectivity index (χ0n) is 7.00. The Morgan fingerprint density at radius 2 is 2.33 bits per heavy atom. The highest BCUT2D eigenvalue weighted by Gasteiger charge is 2.14. The number of rotatable bonds is 5. The predicted molar refractivity (Wildman–Crippen MR) is 57.0 cm³/mol. The largest absolute Gasteiger partial charge is 0.374 e. The molecule has 0 heterocycles. The van der Waals surface area contributed by atoms with Gasteiger partial charge in [0.1, 0.15) is 10.3 Å². The van der Waals surface area contributed by atoms with Gasteiger partial charge in [-0.05, 0) is 13.8 Å². The van der Waals surface area contributed by atoms with E-state index in [-0.39, 0.29) is 21.3 Å². The molecule has 12 heavy (non-hydrogen) atoms. The maximum absolute atomic E-state index is 11.2. The monoisotopic (exact) mass is 226 g/mol. The summed E-state index contributed by atoms with van der Waals surface area (Å²) in [6.07, 6.45) is 0. The van der Waals surface area contributed by atoms with Gasteiger partial charge in [-0.3, -0.25) is 4.79 Å². The second-order valence-corrected chi connectivity index (χ2v) is 4.95. The third kappa shape index (κ3) is 5.94. The Kier molecular flexibility index (Phi) is 7.04. The molecule has 0 saturated heterocycles. The maximum Gasteiger partial charge on any atom is 0.171 e. The number of hydrogen-bond acceptors (Lipinski definition) is 4. The third-order valence-corrected chi connectivity index (χ3v) is 2.53. The van der Waals surface area contributed by atoms with Crippen molar-refractivity contribution in [1.82, 2.24) is 0 Å². The van der Waals surface area contributed by atoms with Crippen molar-refractivity contribution in [3.05, 3.63) is 0 Å². The summed E-state index contributed by atoms with van der Waals surface area (Å²) in [6.45, 7) is 4.30. The van der Waals surface area contributed by atoms with Gasteiger partial charge in [0.15, 0.2) is 5.78 Å². The summed E-state index contributed by atoms with van der Waals surface area (Å²) in [5, 5.41) is -0.207. The average molecular weight is 227 g/mol. The molecule has 0 aliphatic heterocycles. The molecule has 0 aromatic carbocycles. The first kappa shape index (κ1) is 12.4. The number of hydrogen-bond donors (Lipinski definition) is 0. The van der Waals surface area contributed by atoms with Crippen LogP contribution in [0.1, 0.15) is 13.8 Å². The molecule has 0 fully saturated rings.